The topological polar surface area (TPSA) is 78.9 Å². The molecule has 0 aliphatic heterocycles. The molecular weight excluding hydrogens is 841 g/mol. The van der Waals surface area contributed by atoms with Crippen LogP contribution in [0.2, 0.25) is 0 Å². The molecule has 0 fully saturated rings. The molecule has 0 saturated carbocycles. The third kappa shape index (κ3) is 53.3. The Kier molecular flexibility index (Phi) is 52.9. The lowest BCUT2D eigenvalue weighted by atomic mass is 10.0. The summed E-state index contributed by atoms with van der Waals surface area (Å²) in [7, 11) is 0. The molecule has 0 N–H and O–H groups in total. The Hall–Kier alpha value is -3.67. The summed E-state index contributed by atoms with van der Waals surface area (Å²) in [6.45, 7) is 6.48. The van der Waals surface area contributed by atoms with Gasteiger partial charge in [0.25, 0.3) is 0 Å². The Bertz CT molecular complexity index is 1360. The fraction of sp³-hybridized carbons (Fsp3) is 0.694. The monoisotopic (exact) mass is 945 g/mol. The number of ether oxygens (including phenoxy) is 3. The summed E-state index contributed by atoms with van der Waals surface area (Å²) in [6.07, 6.45) is 74.1. The Balaban J connectivity index is 4.26. The number of unbranched alkanes of at least 4 members (excludes halogenated alkanes) is 23. The molecule has 1 atom stereocenters. The van der Waals surface area contributed by atoms with E-state index in [9.17, 15) is 14.4 Å². The van der Waals surface area contributed by atoms with Crippen molar-refractivity contribution in [2.75, 3.05) is 13.2 Å². The third-order valence-electron chi connectivity index (χ3n) is 11.9. The van der Waals surface area contributed by atoms with E-state index in [2.05, 4.69) is 118 Å². The van der Waals surface area contributed by atoms with E-state index >= 15 is 0 Å². The van der Waals surface area contributed by atoms with Crippen LogP contribution in [0.4, 0.5) is 0 Å². The fourth-order valence-corrected chi connectivity index (χ4v) is 7.63. The molecule has 0 aromatic carbocycles. The molecule has 0 saturated heterocycles. The van der Waals surface area contributed by atoms with Gasteiger partial charge in [-0.25, -0.2) is 0 Å². The maximum atomic E-state index is 12.8. The van der Waals surface area contributed by atoms with Crippen molar-refractivity contribution in [1.29, 1.82) is 0 Å². The average Bonchev–Trinajstić information content (AvgIpc) is 3.34. The van der Waals surface area contributed by atoms with Crippen LogP contribution in [0.5, 0.6) is 0 Å². The van der Waals surface area contributed by atoms with Crippen molar-refractivity contribution in [3.05, 3.63) is 97.2 Å². The first-order chi connectivity index (χ1) is 33.5. The lowest BCUT2D eigenvalue weighted by molar-refractivity contribution is -0.167. The van der Waals surface area contributed by atoms with Crippen LogP contribution in [-0.2, 0) is 28.6 Å². The van der Waals surface area contributed by atoms with Crippen molar-refractivity contribution >= 4 is 17.9 Å². The van der Waals surface area contributed by atoms with Crippen molar-refractivity contribution in [3.8, 4) is 0 Å². The van der Waals surface area contributed by atoms with Crippen molar-refractivity contribution in [2.24, 2.45) is 0 Å². The first-order valence-corrected chi connectivity index (χ1v) is 28.2. The van der Waals surface area contributed by atoms with Gasteiger partial charge in [-0.05, 0) is 83.5 Å². The van der Waals surface area contributed by atoms with Crippen molar-refractivity contribution < 1.29 is 28.6 Å². The molecule has 6 nitrogen and oxygen atoms in total. The molecule has 0 radical (unpaired) electrons. The van der Waals surface area contributed by atoms with Crippen LogP contribution in [0.3, 0.4) is 0 Å². The van der Waals surface area contributed by atoms with Gasteiger partial charge in [-0.3, -0.25) is 14.4 Å². The molecule has 0 aromatic heterocycles. The quantitative estimate of drug-likeness (QED) is 0.0262. The normalized spacial score (nSPS) is 12.8. The van der Waals surface area contributed by atoms with Gasteiger partial charge in [-0.1, -0.05) is 253 Å². The number of hydrogen-bond donors (Lipinski definition) is 0. The molecule has 68 heavy (non-hydrogen) atoms. The minimum atomic E-state index is -0.783. The number of rotatable bonds is 50. The van der Waals surface area contributed by atoms with Gasteiger partial charge in [0.2, 0.25) is 0 Å². The van der Waals surface area contributed by atoms with Gasteiger partial charge in [0, 0.05) is 19.3 Å². The minimum Gasteiger partial charge on any atom is -0.462 e. The highest BCUT2D eigenvalue weighted by Crippen LogP contribution is 2.15. The van der Waals surface area contributed by atoms with E-state index < -0.39 is 6.10 Å². The molecule has 1 unspecified atom stereocenters. The second kappa shape index (κ2) is 55.9. The van der Waals surface area contributed by atoms with Crippen LogP contribution >= 0.6 is 0 Å². The molecule has 0 amide bonds. The second-order valence-electron chi connectivity index (χ2n) is 18.5. The van der Waals surface area contributed by atoms with E-state index in [1.54, 1.807) is 0 Å². The standard InChI is InChI=1S/C62H104O6/c1-4-7-10-13-16-19-21-23-24-25-26-27-28-29-30-31-32-33-34-35-36-37-38-39-41-43-46-49-52-55-61(64)67-58-59(57-66-60(63)54-51-48-45-42-18-15-12-9-6-3)68-62(65)56-53-50-47-44-40-22-20-17-14-11-8-5-2/h7,10,16,19,23-24,26-27,29-30,32-33,35-36,38-39,59H,4-6,8-9,11-15,17-18,20-22,25,28,31,34,37,40-58H2,1-3H3/b10-7-,19-16-,24-23-,27-26-,30-29-,33-32-,36-35-,39-38-. The lowest BCUT2D eigenvalue weighted by Gasteiger charge is -2.18. The predicted octanol–water partition coefficient (Wildman–Crippen LogP) is 18.9. The van der Waals surface area contributed by atoms with E-state index in [1.165, 1.54) is 96.3 Å². The molecule has 0 aliphatic rings. The highest BCUT2D eigenvalue weighted by molar-refractivity contribution is 5.71. The molecule has 0 bridgehead atoms. The van der Waals surface area contributed by atoms with Crippen LogP contribution < -0.4 is 0 Å². The molecule has 0 rings (SSSR count). The van der Waals surface area contributed by atoms with Gasteiger partial charge in [-0.15, -0.1) is 0 Å². The zero-order valence-corrected chi connectivity index (χ0v) is 44.3. The van der Waals surface area contributed by atoms with Gasteiger partial charge < -0.3 is 14.2 Å². The number of hydrogen-bond acceptors (Lipinski definition) is 6. The van der Waals surface area contributed by atoms with Crippen molar-refractivity contribution in [2.45, 2.75) is 264 Å². The summed E-state index contributed by atoms with van der Waals surface area (Å²) < 4.78 is 16.8. The van der Waals surface area contributed by atoms with Gasteiger partial charge >= 0.3 is 17.9 Å². The first kappa shape index (κ1) is 64.3. The maximum absolute atomic E-state index is 12.8. The predicted molar refractivity (Wildman–Crippen MR) is 293 cm³/mol. The minimum absolute atomic E-state index is 0.0828. The number of carbonyl (C=O) groups is 3. The number of carbonyl (C=O) groups excluding carboxylic acids is 3. The van der Waals surface area contributed by atoms with E-state index in [1.807, 2.05) is 0 Å². The summed E-state index contributed by atoms with van der Waals surface area (Å²) in [5.41, 5.74) is 0. The second-order valence-corrected chi connectivity index (χ2v) is 18.5. The van der Waals surface area contributed by atoms with E-state index in [4.69, 9.17) is 14.2 Å². The zero-order chi connectivity index (χ0) is 49.3. The Morgan fingerprint density at radius 3 is 0.897 bits per heavy atom. The van der Waals surface area contributed by atoms with Crippen LogP contribution in [0.15, 0.2) is 97.2 Å². The SMILES string of the molecule is CC/C=C\C/C=C\C/C=C\C/C=C\C/C=C\C/C=C\C/C=C\C/C=C\CCCCCCC(=O)OCC(COC(=O)CCCCCCCCCCC)OC(=O)CCCCCCCCCCCCCC. The number of allylic oxidation sites excluding steroid dienone is 16. The molecule has 0 spiro atoms. The Morgan fingerprint density at radius 2 is 0.574 bits per heavy atom. The summed E-state index contributed by atoms with van der Waals surface area (Å²) >= 11 is 0. The van der Waals surface area contributed by atoms with E-state index in [-0.39, 0.29) is 31.1 Å². The van der Waals surface area contributed by atoms with Gasteiger partial charge in [0.05, 0.1) is 0 Å². The summed E-state index contributed by atoms with van der Waals surface area (Å²) in [4.78, 5) is 37.9. The highest BCUT2D eigenvalue weighted by atomic mass is 16.6. The molecule has 0 aliphatic carbocycles. The summed E-state index contributed by atoms with van der Waals surface area (Å²) in [5.74, 6) is -0.910. The van der Waals surface area contributed by atoms with Crippen LogP contribution in [0.25, 0.3) is 0 Å². The zero-order valence-electron chi connectivity index (χ0n) is 44.3. The van der Waals surface area contributed by atoms with Gasteiger partial charge in [-0.2, -0.15) is 0 Å². The number of esters is 3. The Morgan fingerprint density at radius 1 is 0.309 bits per heavy atom. The lowest BCUT2D eigenvalue weighted by Crippen LogP contribution is -2.30. The molecule has 0 aromatic rings. The van der Waals surface area contributed by atoms with Crippen molar-refractivity contribution in [1.82, 2.24) is 0 Å². The summed E-state index contributed by atoms with van der Waals surface area (Å²) in [5, 5.41) is 0. The smallest absolute Gasteiger partial charge is 0.306 e. The third-order valence-corrected chi connectivity index (χ3v) is 11.9. The first-order valence-electron chi connectivity index (χ1n) is 28.2. The molecule has 388 valence electrons. The highest BCUT2D eigenvalue weighted by Gasteiger charge is 2.19. The van der Waals surface area contributed by atoms with Crippen LogP contribution in [-0.4, -0.2) is 37.2 Å². The van der Waals surface area contributed by atoms with Crippen LogP contribution in [0, 0.1) is 0 Å². The van der Waals surface area contributed by atoms with E-state index in [0.29, 0.717) is 19.3 Å². The molecule has 0 heterocycles. The molecule has 6 heteroatoms. The van der Waals surface area contributed by atoms with E-state index in [0.717, 1.165) is 122 Å². The van der Waals surface area contributed by atoms with Crippen LogP contribution in [0.1, 0.15) is 258 Å². The summed E-state index contributed by atoms with van der Waals surface area (Å²) in [6, 6.07) is 0. The van der Waals surface area contributed by atoms with Gasteiger partial charge in [0.15, 0.2) is 6.10 Å². The maximum Gasteiger partial charge on any atom is 0.306 e. The largest absolute Gasteiger partial charge is 0.462 e. The van der Waals surface area contributed by atoms with Gasteiger partial charge in [0.1, 0.15) is 13.2 Å². The fourth-order valence-electron chi connectivity index (χ4n) is 7.63. The average molecular weight is 946 g/mol. The Labute approximate surface area is 419 Å². The molecular formula is C62H104O6. The van der Waals surface area contributed by atoms with Crippen molar-refractivity contribution in [3.63, 3.8) is 0 Å².